The van der Waals surface area contributed by atoms with Gasteiger partial charge in [-0.3, -0.25) is 4.79 Å². The third kappa shape index (κ3) is 4.86. The van der Waals surface area contributed by atoms with E-state index in [0.29, 0.717) is 6.42 Å². The Morgan fingerprint density at radius 1 is 1.21 bits per heavy atom. The molecule has 1 rings (SSSR count). The minimum absolute atomic E-state index is 0.0348. The van der Waals surface area contributed by atoms with E-state index in [1.165, 1.54) is 0 Å². The summed E-state index contributed by atoms with van der Waals surface area (Å²) in [4.78, 5) is 26.9. The van der Waals surface area contributed by atoms with Gasteiger partial charge in [-0.25, -0.2) is 4.79 Å². The summed E-state index contributed by atoms with van der Waals surface area (Å²) < 4.78 is 5.29. The van der Waals surface area contributed by atoms with E-state index < -0.39 is 29.2 Å². The molecular formula is C18H31N3O3. The number of nitriles is 1. The molecule has 136 valence electrons. The van der Waals surface area contributed by atoms with Crippen molar-refractivity contribution in [3.63, 3.8) is 0 Å². The van der Waals surface area contributed by atoms with Gasteiger partial charge in [0, 0.05) is 6.04 Å². The van der Waals surface area contributed by atoms with Crippen molar-refractivity contribution in [1.29, 1.82) is 5.26 Å². The molecule has 1 aliphatic rings. The van der Waals surface area contributed by atoms with Gasteiger partial charge < -0.3 is 15.0 Å². The van der Waals surface area contributed by atoms with E-state index in [-0.39, 0.29) is 17.9 Å². The molecule has 0 unspecified atom stereocenters. The molecule has 6 heteroatoms. The molecule has 0 bridgehead atoms. The van der Waals surface area contributed by atoms with Gasteiger partial charge in [0.05, 0.1) is 6.07 Å². The van der Waals surface area contributed by atoms with Gasteiger partial charge in [0.2, 0.25) is 5.91 Å². The molecule has 1 heterocycles. The molecule has 0 aromatic heterocycles. The van der Waals surface area contributed by atoms with E-state index in [9.17, 15) is 14.9 Å². The van der Waals surface area contributed by atoms with Crippen molar-refractivity contribution >= 4 is 12.0 Å². The first-order chi connectivity index (χ1) is 10.8. The van der Waals surface area contributed by atoms with Crippen LogP contribution in [-0.4, -0.2) is 40.6 Å². The summed E-state index contributed by atoms with van der Waals surface area (Å²) in [5, 5.41) is 12.1. The predicted molar refractivity (Wildman–Crippen MR) is 92.1 cm³/mol. The Labute approximate surface area is 145 Å². The molecule has 1 aliphatic heterocycles. The summed E-state index contributed by atoms with van der Waals surface area (Å²) in [6.07, 6.45) is 0.0383. The normalized spacial score (nSPS) is 25.8. The highest BCUT2D eigenvalue weighted by molar-refractivity contribution is 5.87. The highest BCUT2D eigenvalue weighted by atomic mass is 16.6. The van der Waals surface area contributed by atoms with E-state index in [0.717, 1.165) is 0 Å². The lowest BCUT2D eigenvalue weighted by Crippen LogP contribution is -2.57. The summed E-state index contributed by atoms with van der Waals surface area (Å²) in [7, 11) is 0. The van der Waals surface area contributed by atoms with Gasteiger partial charge in [-0.05, 0) is 45.4 Å². The highest BCUT2D eigenvalue weighted by Gasteiger charge is 2.45. The first kappa shape index (κ1) is 20.3. The van der Waals surface area contributed by atoms with Crippen LogP contribution in [-0.2, 0) is 9.53 Å². The smallest absolute Gasteiger partial charge is 0.408 e. The lowest BCUT2D eigenvalue weighted by Gasteiger charge is -2.36. The van der Waals surface area contributed by atoms with Gasteiger partial charge in [0.15, 0.2) is 0 Å². The average Bonchev–Trinajstić information content (AvgIpc) is 2.67. The molecule has 0 aromatic rings. The second kappa shape index (κ2) is 7.00. The fourth-order valence-electron chi connectivity index (χ4n) is 2.91. The SMILES string of the molecule is C[C@H]1C[C@@H](C#N)N(C(=O)[C@@H](NC(=O)OC(C)(C)C)C(C)(C)C)[C@H]1C. The van der Waals surface area contributed by atoms with Gasteiger partial charge in [0.1, 0.15) is 17.7 Å². The van der Waals surface area contributed by atoms with Crippen LogP contribution in [0.25, 0.3) is 0 Å². The van der Waals surface area contributed by atoms with E-state index in [1.54, 1.807) is 25.7 Å². The molecule has 0 radical (unpaired) electrons. The van der Waals surface area contributed by atoms with Gasteiger partial charge in [-0.15, -0.1) is 0 Å². The van der Waals surface area contributed by atoms with E-state index in [2.05, 4.69) is 11.4 Å². The zero-order valence-corrected chi connectivity index (χ0v) is 16.1. The number of likely N-dealkylation sites (tertiary alicyclic amines) is 1. The third-order valence-corrected chi connectivity index (χ3v) is 4.37. The van der Waals surface area contributed by atoms with Crippen molar-refractivity contribution in [2.24, 2.45) is 11.3 Å². The molecule has 0 saturated carbocycles. The van der Waals surface area contributed by atoms with Crippen LogP contribution < -0.4 is 5.32 Å². The van der Waals surface area contributed by atoms with Crippen molar-refractivity contribution < 1.29 is 14.3 Å². The second-order valence-electron chi connectivity index (χ2n) is 8.79. The number of alkyl carbamates (subject to hydrolysis) is 1. The topological polar surface area (TPSA) is 82.4 Å². The Morgan fingerprint density at radius 3 is 2.17 bits per heavy atom. The van der Waals surface area contributed by atoms with E-state index in [4.69, 9.17) is 4.74 Å². The summed E-state index contributed by atoms with van der Waals surface area (Å²) in [5.74, 6) is 0.0255. The summed E-state index contributed by atoms with van der Waals surface area (Å²) in [6.45, 7) is 15.0. The van der Waals surface area contributed by atoms with Crippen LogP contribution in [0, 0.1) is 22.7 Å². The fourth-order valence-corrected chi connectivity index (χ4v) is 2.91. The maximum absolute atomic E-state index is 13.1. The molecule has 0 aromatic carbocycles. The molecule has 2 amide bonds. The maximum atomic E-state index is 13.1. The van der Waals surface area contributed by atoms with Crippen molar-refractivity contribution in [2.75, 3.05) is 0 Å². The number of amides is 2. The summed E-state index contributed by atoms with van der Waals surface area (Å²) in [5.41, 5.74) is -1.14. The maximum Gasteiger partial charge on any atom is 0.408 e. The average molecular weight is 337 g/mol. The molecule has 1 N–H and O–H groups in total. The molecule has 0 aliphatic carbocycles. The van der Waals surface area contributed by atoms with Gasteiger partial charge in [-0.1, -0.05) is 27.7 Å². The Kier molecular flexibility index (Phi) is 5.91. The fraction of sp³-hybridized carbons (Fsp3) is 0.833. The standard InChI is InChI=1S/C18H31N3O3/c1-11-9-13(10-19)21(12(11)2)15(22)14(17(3,4)5)20-16(23)24-18(6,7)8/h11-14H,9H2,1-8H3,(H,20,23)/t11-,12-,13-,14+/m0/s1. The van der Waals surface area contributed by atoms with Crippen LogP contribution in [0.2, 0.25) is 0 Å². The van der Waals surface area contributed by atoms with Crippen molar-refractivity contribution in [2.45, 2.75) is 85.5 Å². The molecule has 1 fully saturated rings. The molecular weight excluding hydrogens is 306 g/mol. The molecule has 0 spiro atoms. The van der Waals surface area contributed by atoms with E-state index >= 15 is 0 Å². The zero-order chi connectivity index (χ0) is 18.9. The number of nitrogens with zero attached hydrogens (tertiary/aromatic N) is 2. The van der Waals surface area contributed by atoms with E-state index in [1.807, 2.05) is 34.6 Å². The minimum Gasteiger partial charge on any atom is -0.444 e. The summed E-state index contributed by atoms with van der Waals surface area (Å²) >= 11 is 0. The molecule has 1 saturated heterocycles. The number of carbonyl (C=O) groups excluding carboxylic acids is 2. The zero-order valence-electron chi connectivity index (χ0n) is 16.1. The van der Waals surface area contributed by atoms with Crippen molar-refractivity contribution in [1.82, 2.24) is 10.2 Å². The third-order valence-electron chi connectivity index (χ3n) is 4.37. The second-order valence-corrected chi connectivity index (χ2v) is 8.79. The monoisotopic (exact) mass is 337 g/mol. The minimum atomic E-state index is -0.754. The lowest BCUT2D eigenvalue weighted by atomic mass is 9.85. The first-order valence-corrected chi connectivity index (χ1v) is 8.49. The van der Waals surface area contributed by atoms with Crippen LogP contribution in [0.4, 0.5) is 4.79 Å². The predicted octanol–water partition coefficient (Wildman–Crippen LogP) is 3.07. The number of carbonyl (C=O) groups is 2. The molecule has 24 heavy (non-hydrogen) atoms. The van der Waals surface area contributed by atoms with Crippen LogP contribution >= 0.6 is 0 Å². The van der Waals surface area contributed by atoms with Crippen molar-refractivity contribution in [3.05, 3.63) is 0 Å². The van der Waals surface area contributed by atoms with Crippen LogP contribution in [0.3, 0.4) is 0 Å². The Bertz CT molecular complexity index is 525. The largest absolute Gasteiger partial charge is 0.444 e. The Hall–Kier alpha value is -1.77. The molecule has 4 atom stereocenters. The highest BCUT2D eigenvalue weighted by Crippen LogP contribution is 2.32. The quantitative estimate of drug-likeness (QED) is 0.839. The van der Waals surface area contributed by atoms with Crippen LogP contribution in [0.1, 0.15) is 61.8 Å². The van der Waals surface area contributed by atoms with Gasteiger partial charge in [-0.2, -0.15) is 5.26 Å². The lowest BCUT2D eigenvalue weighted by molar-refractivity contribution is -0.138. The number of hydrogen-bond donors (Lipinski definition) is 1. The van der Waals surface area contributed by atoms with Gasteiger partial charge >= 0.3 is 6.09 Å². The first-order valence-electron chi connectivity index (χ1n) is 8.49. The number of nitrogens with one attached hydrogen (secondary N) is 1. The number of ether oxygens (including phenoxy) is 1. The Morgan fingerprint density at radius 2 is 1.75 bits per heavy atom. The van der Waals surface area contributed by atoms with Crippen molar-refractivity contribution in [3.8, 4) is 6.07 Å². The molecule has 6 nitrogen and oxygen atoms in total. The van der Waals surface area contributed by atoms with Gasteiger partial charge in [0.25, 0.3) is 0 Å². The summed E-state index contributed by atoms with van der Waals surface area (Å²) in [6, 6.07) is 0.975. The Balaban J connectivity index is 3.03. The van der Waals surface area contributed by atoms with Crippen LogP contribution in [0.15, 0.2) is 0 Å². The van der Waals surface area contributed by atoms with Crippen LogP contribution in [0.5, 0.6) is 0 Å². The number of rotatable bonds is 2. The number of hydrogen-bond acceptors (Lipinski definition) is 4.